The summed E-state index contributed by atoms with van der Waals surface area (Å²) in [5.41, 5.74) is 0.840. The first-order valence-electron chi connectivity index (χ1n) is 9.00. The van der Waals surface area contributed by atoms with Gasteiger partial charge in [0, 0.05) is 43.6 Å². The van der Waals surface area contributed by atoms with Gasteiger partial charge in [0.15, 0.2) is 0 Å². The molecule has 1 amide bonds. The molecule has 1 aliphatic carbocycles. The Morgan fingerprint density at radius 3 is 2.80 bits per heavy atom. The van der Waals surface area contributed by atoms with Crippen molar-refractivity contribution >= 4 is 5.91 Å². The molecule has 0 aromatic carbocycles. The molecule has 2 aromatic rings. The number of hydrogen-bond donors (Lipinski definition) is 1. The Labute approximate surface area is 147 Å². The number of aromatic nitrogens is 3. The van der Waals surface area contributed by atoms with Crippen molar-refractivity contribution in [1.82, 2.24) is 19.4 Å². The van der Waals surface area contributed by atoms with Gasteiger partial charge < -0.3 is 14.5 Å². The highest BCUT2D eigenvalue weighted by Gasteiger charge is 2.26. The van der Waals surface area contributed by atoms with Gasteiger partial charge in [0.25, 0.3) is 11.5 Å². The second kappa shape index (κ2) is 7.25. The third-order valence-corrected chi connectivity index (χ3v) is 4.62. The largest absolute Gasteiger partial charge is 0.352 e. The molecule has 134 valence electrons. The zero-order valence-electron chi connectivity index (χ0n) is 15.2. The lowest BCUT2D eigenvalue weighted by molar-refractivity contribution is 0.0950. The maximum Gasteiger partial charge on any atom is 0.263 e. The molecule has 6 heteroatoms. The molecule has 1 aliphatic rings. The number of aryl methyl sites for hydroxylation is 2. The number of amides is 1. The molecular formula is C19H26N4O2. The van der Waals surface area contributed by atoms with Crippen LogP contribution in [0.3, 0.4) is 0 Å². The van der Waals surface area contributed by atoms with Crippen LogP contribution in [0.2, 0.25) is 0 Å². The minimum atomic E-state index is -0.271. The number of hydrogen-bond acceptors (Lipinski definition) is 3. The predicted octanol–water partition coefficient (Wildman–Crippen LogP) is 2.63. The highest BCUT2D eigenvalue weighted by molar-refractivity contribution is 5.95. The van der Waals surface area contributed by atoms with Gasteiger partial charge in [-0.15, -0.1) is 0 Å². The van der Waals surface area contributed by atoms with E-state index in [4.69, 9.17) is 0 Å². The Morgan fingerprint density at radius 1 is 1.36 bits per heavy atom. The summed E-state index contributed by atoms with van der Waals surface area (Å²) in [5, 5.41) is 2.89. The van der Waals surface area contributed by atoms with E-state index in [9.17, 15) is 9.59 Å². The Kier molecular flexibility index (Phi) is 5.06. The smallest absolute Gasteiger partial charge is 0.263 e. The van der Waals surface area contributed by atoms with Gasteiger partial charge in [-0.05, 0) is 37.8 Å². The van der Waals surface area contributed by atoms with Crippen LogP contribution in [0.1, 0.15) is 66.8 Å². The van der Waals surface area contributed by atoms with Crippen molar-refractivity contribution in [3.05, 3.63) is 52.0 Å². The highest BCUT2D eigenvalue weighted by Crippen LogP contribution is 2.33. The Morgan fingerprint density at radius 2 is 2.12 bits per heavy atom. The van der Waals surface area contributed by atoms with Crippen molar-refractivity contribution in [1.29, 1.82) is 0 Å². The molecule has 1 N–H and O–H groups in total. The number of carbonyl (C=O) groups excluding carboxylic acids is 1. The molecule has 2 aromatic heterocycles. The van der Waals surface area contributed by atoms with Gasteiger partial charge in [0.2, 0.25) is 0 Å². The lowest BCUT2D eigenvalue weighted by Gasteiger charge is -2.12. The van der Waals surface area contributed by atoms with Crippen molar-refractivity contribution in [2.24, 2.45) is 0 Å². The van der Waals surface area contributed by atoms with E-state index < -0.39 is 0 Å². The normalized spacial score (nSPS) is 14.1. The lowest BCUT2D eigenvalue weighted by atomic mass is 10.1. The van der Waals surface area contributed by atoms with Crippen molar-refractivity contribution in [2.45, 2.75) is 58.5 Å². The summed E-state index contributed by atoms with van der Waals surface area (Å²) < 4.78 is 3.81. The zero-order valence-corrected chi connectivity index (χ0v) is 15.2. The van der Waals surface area contributed by atoms with Crippen LogP contribution in [-0.4, -0.2) is 26.6 Å². The molecule has 0 spiro atoms. The molecule has 25 heavy (non-hydrogen) atoms. The molecule has 0 unspecified atom stereocenters. The summed E-state index contributed by atoms with van der Waals surface area (Å²) in [6.45, 7) is 7.38. The minimum absolute atomic E-state index is 0.170. The average molecular weight is 342 g/mol. The third kappa shape index (κ3) is 3.83. The van der Waals surface area contributed by atoms with E-state index in [1.165, 1.54) is 0 Å². The van der Waals surface area contributed by atoms with Gasteiger partial charge in [-0.2, -0.15) is 0 Å². The lowest BCUT2D eigenvalue weighted by Crippen LogP contribution is -2.34. The molecule has 6 nitrogen and oxygen atoms in total. The highest BCUT2D eigenvalue weighted by atomic mass is 16.2. The van der Waals surface area contributed by atoms with Crippen LogP contribution < -0.4 is 10.9 Å². The second-order valence-corrected chi connectivity index (χ2v) is 7.06. The van der Waals surface area contributed by atoms with Crippen molar-refractivity contribution < 1.29 is 4.79 Å². The topological polar surface area (TPSA) is 68.9 Å². The van der Waals surface area contributed by atoms with E-state index in [1.54, 1.807) is 10.8 Å². The molecule has 0 bridgehead atoms. The fourth-order valence-electron chi connectivity index (χ4n) is 3.11. The first kappa shape index (κ1) is 17.5. The standard InChI is InChI=1S/C19H26N4O2/c1-13(2)17-20-9-12-22(17)10-4-8-21-18(24)16-14(3)7-11-23(19(16)25)15-5-6-15/h7,9,11-13,15H,4-6,8,10H2,1-3H3,(H,21,24). The maximum absolute atomic E-state index is 12.5. The van der Waals surface area contributed by atoms with Crippen LogP contribution in [0, 0.1) is 6.92 Å². The van der Waals surface area contributed by atoms with Gasteiger partial charge in [0.1, 0.15) is 11.4 Å². The van der Waals surface area contributed by atoms with Gasteiger partial charge in [-0.3, -0.25) is 9.59 Å². The summed E-state index contributed by atoms with van der Waals surface area (Å²) >= 11 is 0. The van der Waals surface area contributed by atoms with E-state index in [0.29, 0.717) is 12.5 Å². The molecule has 3 rings (SSSR count). The number of imidazole rings is 1. The van der Waals surface area contributed by atoms with Gasteiger partial charge in [-0.1, -0.05) is 13.8 Å². The summed E-state index contributed by atoms with van der Waals surface area (Å²) in [6.07, 6.45) is 8.41. The molecule has 1 fully saturated rings. The van der Waals surface area contributed by atoms with E-state index in [1.807, 2.05) is 25.4 Å². The number of rotatable bonds is 7. The molecule has 0 radical (unpaired) electrons. The van der Waals surface area contributed by atoms with Crippen molar-refractivity contribution in [3.63, 3.8) is 0 Å². The first-order chi connectivity index (χ1) is 12.0. The maximum atomic E-state index is 12.5. The summed E-state index contributed by atoms with van der Waals surface area (Å²) in [4.78, 5) is 29.4. The molecule has 0 aliphatic heterocycles. The van der Waals surface area contributed by atoms with Crippen LogP contribution in [0.5, 0.6) is 0 Å². The van der Waals surface area contributed by atoms with Crippen molar-refractivity contribution in [2.75, 3.05) is 6.54 Å². The fraction of sp³-hybridized carbons (Fsp3) is 0.526. The van der Waals surface area contributed by atoms with Crippen LogP contribution in [0.4, 0.5) is 0 Å². The fourth-order valence-corrected chi connectivity index (χ4v) is 3.11. The van der Waals surface area contributed by atoms with E-state index in [-0.39, 0.29) is 23.1 Å². The number of nitrogens with zero attached hydrogens (tertiary/aromatic N) is 3. The molecule has 0 saturated heterocycles. The van der Waals surface area contributed by atoms with Gasteiger partial charge in [-0.25, -0.2) is 4.98 Å². The third-order valence-electron chi connectivity index (χ3n) is 4.62. The van der Waals surface area contributed by atoms with E-state index >= 15 is 0 Å². The molecule has 1 saturated carbocycles. The van der Waals surface area contributed by atoms with Crippen molar-refractivity contribution in [3.8, 4) is 0 Å². The average Bonchev–Trinajstić information content (AvgIpc) is 3.28. The SMILES string of the molecule is Cc1ccn(C2CC2)c(=O)c1C(=O)NCCCn1ccnc1C(C)C. The van der Waals surface area contributed by atoms with Gasteiger partial charge in [0.05, 0.1) is 0 Å². The van der Waals surface area contributed by atoms with Gasteiger partial charge >= 0.3 is 0 Å². The second-order valence-electron chi connectivity index (χ2n) is 7.06. The zero-order chi connectivity index (χ0) is 18.0. The molecule has 2 heterocycles. The quantitative estimate of drug-likeness (QED) is 0.787. The summed E-state index contributed by atoms with van der Waals surface area (Å²) in [7, 11) is 0. The molecule has 0 atom stereocenters. The Bertz CT molecular complexity index is 815. The number of pyridine rings is 1. The summed E-state index contributed by atoms with van der Waals surface area (Å²) in [5.74, 6) is 1.15. The Hall–Kier alpha value is -2.37. The van der Waals surface area contributed by atoms with E-state index in [0.717, 1.165) is 37.2 Å². The van der Waals surface area contributed by atoms with Crippen LogP contribution >= 0.6 is 0 Å². The van der Waals surface area contributed by atoms with Crippen LogP contribution in [-0.2, 0) is 6.54 Å². The summed E-state index contributed by atoms with van der Waals surface area (Å²) in [6, 6.07) is 2.13. The predicted molar refractivity (Wildman–Crippen MR) is 97.0 cm³/mol. The Balaban J connectivity index is 1.59. The first-order valence-corrected chi connectivity index (χ1v) is 9.00. The molecular weight excluding hydrogens is 316 g/mol. The minimum Gasteiger partial charge on any atom is -0.352 e. The number of carbonyl (C=O) groups is 1. The van der Waals surface area contributed by atoms with Crippen LogP contribution in [0.15, 0.2) is 29.5 Å². The monoisotopic (exact) mass is 342 g/mol. The number of nitrogens with one attached hydrogen (secondary N) is 1. The van der Waals surface area contributed by atoms with Crippen LogP contribution in [0.25, 0.3) is 0 Å². The van der Waals surface area contributed by atoms with E-state index in [2.05, 4.69) is 28.7 Å².